The van der Waals surface area contributed by atoms with Crippen LogP contribution < -0.4 is 25.3 Å². The van der Waals surface area contributed by atoms with E-state index in [2.05, 4.69) is 36.3 Å². The number of aliphatic imine (C=N–C) groups is 1. The van der Waals surface area contributed by atoms with Crippen molar-refractivity contribution in [2.75, 3.05) is 26.1 Å². The van der Waals surface area contributed by atoms with Crippen LogP contribution in [0.5, 0.6) is 17.2 Å². The maximum Gasteiger partial charge on any atom is 0.203 e. The van der Waals surface area contributed by atoms with E-state index in [-0.39, 0.29) is 0 Å². The van der Waals surface area contributed by atoms with Gasteiger partial charge in [0, 0.05) is 5.69 Å². The van der Waals surface area contributed by atoms with Gasteiger partial charge in [-0.3, -0.25) is 0 Å². The van der Waals surface area contributed by atoms with Crippen molar-refractivity contribution in [3.05, 3.63) is 47.5 Å². The SMILES string of the molecule is CCOc1c(OC)cc(CN=C(N)Nc2ccc(C(C)CC)cc2)cc1OC. The van der Waals surface area contributed by atoms with Crippen molar-refractivity contribution in [2.45, 2.75) is 39.7 Å². The van der Waals surface area contributed by atoms with Crippen LogP contribution in [-0.4, -0.2) is 26.8 Å². The van der Waals surface area contributed by atoms with Gasteiger partial charge in [-0.1, -0.05) is 26.0 Å². The molecule has 0 saturated heterocycles. The highest BCUT2D eigenvalue weighted by molar-refractivity contribution is 5.92. The number of methoxy groups -OCH3 is 2. The van der Waals surface area contributed by atoms with Crippen LogP contribution >= 0.6 is 0 Å². The fourth-order valence-corrected chi connectivity index (χ4v) is 2.81. The average Bonchev–Trinajstić information content (AvgIpc) is 2.72. The van der Waals surface area contributed by atoms with Crippen LogP contribution in [0.2, 0.25) is 0 Å². The van der Waals surface area contributed by atoms with E-state index in [9.17, 15) is 0 Å². The zero-order valence-electron chi connectivity index (χ0n) is 17.4. The summed E-state index contributed by atoms with van der Waals surface area (Å²) < 4.78 is 16.5. The van der Waals surface area contributed by atoms with Gasteiger partial charge in [-0.2, -0.15) is 0 Å². The second-order valence-corrected chi connectivity index (χ2v) is 6.52. The molecule has 0 heterocycles. The van der Waals surface area contributed by atoms with E-state index in [4.69, 9.17) is 19.9 Å². The first-order chi connectivity index (χ1) is 13.5. The maximum atomic E-state index is 6.05. The molecule has 0 bridgehead atoms. The zero-order chi connectivity index (χ0) is 20.5. The van der Waals surface area contributed by atoms with E-state index in [1.165, 1.54) is 5.56 Å². The Labute approximate surface area is 167 Å². The minimum atomic E-state index is 0.350. The Morgan fingerprint density at radius 3 is 2.18 bits per heavy atom. The first kappa shape index (κ1) is 21.4. The Kier molecular flexibility index (Phi) is 7.99. The topological polar surface area (TPSA) is 78.1 Å². The van der Waals surface area contributed by atoms with E-state index in [1.54, 1.807) is 14.2 Å². The van der Waals surface area contributed by atoms with Gasteiger partial charge in [-0.05, 0) is 54.7 Å². The van der Waals surface area contributed by atoms with Gasteiger partial charge in [0.2, 0.25) is 5.75 Å². The minimum Gasteiger partial charge on any atom is -0.493 e. The normalized spacial score (nSPS) is 12.4. The van der Waals surface area contributed by atoms with Gasteiger partial charge in [-0.15, -0.1) is 0 Å². The van der Waals surface area contributed by atoms with Crippen molar-refractivity contribution >= 4 is 11.6 Å². The minimum absolute atomic E-state index is 0.350. The highest BCUT2D eigenvalue weighted by Gasteiger charge is 2.13. The molecule has 0 aliphatic heterocycles. The van der Waals surface area contributed by atoms with Crippen LogP contribution in [0.15, 0.2) is 41.4 Å². The molecule has 0 aromatic heterocycles. The highest BCUT2D eigenvalue weighted by atomic mass is 16.5. The van der Waals surface area contributed by atoms with E-state index >= 15 is 0 Å². The van der Waals surface area contributed by atoms with Crippen molar-refractivity contribution in [1.82, 2.24) is 0 Å². The Morgan fingerprint density at radius 2 is 1.68 bits per heavy atom. The molecule has 6 heteroatoms. The van der Waals surface area contributed by atoms with Crippen molar-refractivity contribution in [1.29, 1.82) is 0 Å². The van der Waals surface area contributed by atoms with Crippen molar-refractivity contribution in [2.24, 2.45) is 10.7 Å². The van der Waals surface area contributed by atoms with Gasteiger partial charge >= 0.3 is 0 Å². The quantitative estimate of drug-likeness (QED) is 0.489. The smallest absolute Gasteiger partial charge is 0.203 e. The second-order valence-electron chi connectivity index (χ2n) is 6.52. The van der Waals surface area contributed by atoms with Crippen LogP contribution in [0, 0.1) is 0 Å². The molecule has 2 aromatic rings. The lowest BCUT2D eigenvalue weighted by Crippen LogP contribution is -2.22. The zero-order valence-corrected chi connectivity index (χ0v) is 17.4. The van der Waals surface area contributed by atoms with Crippen LogP contribution in [0.1, 0.15) is 44.2 Å². The van der Waals surface area contributed by atoms with Crippen molar-refractivity contribution in [3.63, 3.8) is 0 Å². The first-order valence-corrected chi connectivity index (χ1v) is 9.56. The molecule has 0 aliphatic carbocycles. The number of anilines is 1. The Morgan fingerprint density at radius 1 is 1.07 bits per heavy atom. The van der Waals surface area contributed by atoms with Gasteiger partial charge < -0.3 is 25.3 Å². The van der Waals surface area contributed by atoms with Crippen LogP contribution in [0.25, 0.3) is 0 Å². The molecule has 2 rings (SSSR count). The number of rotatable bonds is 9. The van der Waals surface area contributed by atoms with Gasteiger partial charge in [0.15, 0.2) is 17.5 Å². The third-order valence-corrected chi connectivity index (χ3v) is 4.61. The van der Waals surface area contributed by atoms with E-state index in [0.29, 0.717) is 42.3 Å². The van der Waals surface area contributed by atoms with Crippen LogP contribution in [0.4, 0.5) is 5.69 Å². The molecule has 0 aliphatic rings. The summed E-state index contributed by atoms with van der Waals surface area (Å²) in [5, 5.41) is 3.13. The fourth-order valence-electron chi connectivity index (χ4n) is 2.81. The van der Waals surface area contributed by atoms with Gasteiger partial charge in [0.05, 0.1) is 27.4 Å². The predicted octanol–water partition coefficient (Wildman–Crippen LogP) is 4.54. The molecule has 3 N–H and O–H groups in total. The molecular formula is C22H31N3O3. The van der Waals surface area contributed by atoms with E-state index in [0.717, 1.165) is 17.7 Å². The number of nitrogens with two attached hydrogens (primary N) is 1. The number of guanidine groups is 1. The summed E-state index contributed by atoms with van der Waals surface area (Å²) in [6.07, 6.45) is 1.12. The number of benzene rings is 2. The fraction of sp³-hybridized carbons (Fsp3) is 0.409. The summed E-state index contributed by atoms with van der Waals surface area (Å²) in [5.74, 6) is 2.71. The van der Waals surface area contributed by atoms with Gasteiger partial charge in [0.25, 0.3) is 0 Å². The number of nitrogens with one attached hydrogen (secondary N) is 1. The summed E-state index contributed by atoms with van der Waals surface area (Å²) in [7, 11) is 3.20. The molecular weight excluding hydrogens is 354 g/mol. The van der Waals surface area contributed by atoms with Crippen LogP contribution in [-0.2, 0) is 6.54 Å². The van der Waals surface area contributed by atoms with Gasteiger partial charge in [0.1, 0.15) is 0 Å². The third-order valence-electron chi connectivity index (χ3n) is 4.61. The molecule has 1 atom stereocenters. The lowest BCUT2D eigenvalue weighted by molar-refractivity contribution is 0.288. The van der Waals surface area contributed by atoms with Gasteiger partial charge in [-0.25, -0.2) is 4.99 Å². The third kappa shape index (κ3) is 5.55. The summed E-state index contributed by atoms with van der Waals surface area (Å²) in [6, 6.07) is 12.0. The lowest BCUT2D eigenvalue weighted by atomic mass is 9.99. The number of hydrogen-bond donors (Lipinski definition) is 2. The summed E-state index contributed by atoms with van der Waals surface area (Å²) in [5.41, 5.74) is 9.19. The molecule has 28 heavy (non-hydrogen) atoms. The lowest BCUT2D eigenvalue weighted by Gasteiger charge is -2.15. The maximum absolute atomic E-state index is 6.05. The van der Waals surface area contributed by atoms with Crippen molar-refractivity contribution in [3.8, 4) is 17.2 Å². The number of nitrogens with zero attached hydrogens (tertiary/aromatic N) is 1. The molecule has 2 aromatic carbocycles. The molecule has 152 valence electrons. The molecule has 0 fully saturated rings. The first-order valence-electron chi connectivity index (χ1n) is 9.56. The molecule has 0 amide bonds. The molecule has 0 spiro atoms. The standard InChI is InChI=1S/C22H31N3O3/c1-6-15(3)17-8-10-18(11-9-17)25-22(23)24-14-16-12-19(26-4)21(28-7-2)20(13-16)27-5/h8-13,15H,6-7,14H2,1-5H3,(H3,23,24,25). The Hall–Kier alpha value is -2.89. The second kappa shape index (κ2) is 10.4. The summed E-state index contributed by atoms with van der Waals surface area (Å²) in [6.45, 7) is 7.24. The molecule has 0 radical (unpaired) electrons. The highest BCUT2D eigenvalue weighted by Crippen LogP contribution is 2.38. The summed E-state index contributed by atoms with van der Waals surface area (Å²) >= 11 is 0. The largest absolute Gasteiger partial charge is 0.493 e. The molecule has 6 nitrogen and oxygen atoms in total. The Bertz CT molecular complexity index is 763. The Balaban J connectivity index is 2.09. The van der Waals surface area contributed by atoms with E-state index < -0.39 is 0 Å². The van der Waals surface area contributed by atoms with Crippen LogP contribution in [0.3, 0.4) is 0 Å². The van der Waals surface area contributed by atoms with Crippen molar-refractivity contribution < 1.29 is 14.2 Å². The average molecular weight is 386 g/mol. The number of hydrogen-bond acceptors (Lipinski definition) is 4. The predicted molar refractivity (Wildman–Crippen MR) is 115 cm³/mol. The number of ether oxygens (including phenoxy) is 3. The molecule has 1 unspecified atom stereocenters. The van der Waals surface area contributed by atoms with E-state index in [1.807, 2.05) is 31.2 Å². The summed E-state index contributed by atoms with van der Waals surface area (Å²) in [4.78, 5) is 4.42. The monoisotopic (exact) mass is 385 g/mol. The molecule has 0 saturated carbocycles.